The van der Waals surface area contributed by atoms with Crippen molar-refractivity contribution < 1.29 is 5.11 Å². The Labute approximate surface area is 109 Å². The first-order chi connectivity index (χ1) is 9.20. The van der Waals surface area contributed by atoms with Crippen molar-refractivity contribution in [3.63, 3.8) is 0 Å². The quantitative estimate of drug-likeness (QED) is 0.723. The van der Waals surface area contributed by atoms with Crippen LogP contribution in [0, 0.1) is 0 Å². The molecule has 0 aliphatic heterocycles. The van der Waals surface area contributed by atoms with Crippen LogP contribution in [0.5, 0.6) is 0 Å². The molecule has 0 unspecified atom stereocenters. The number of aryl methyl sites for hydroxylation is 1. The minimum Gasteiger partial charge on any atom is -0.396 e. The second-order valence-corrected chi connectivity index (χ2v) is 4.42. The van der Waals surface area contributed by atoms with Gasteiger partial charge >= 0.3 is 5.69 Å². The van der Waals surface area contributed by atoms with Crippen molar-refractivity contribution in [3.8, 4) is 0 Å². The molecule has 0 radical (unpaired) electrons. The molecule has 0 aliphatic carbocycles. The number of fused-ring (bicyclic) bond motifs is 1. The third-order valence-corrected chi connectivity index (χ3v) is 3.03. The number of H-pyrrole nitrogens is 1. The molecular weight excluding hydrogens is 248 g/mol. The summed E-state index contributed by atoms with van der Waals surface area (Å²) in [6, 6.07) is 0. The maximum absolute atomic E-state index is 12.3. The molecule has 2 heterocycles. The first-order valence-corrected chi connectivity index (χ1v) is 6.48. The maximum Gasteiger partial charge on any atom is 0.332 e. The van der Waals surface area contributed by atoms with Crippen molar-refractivity contribution in [2.24, 2.45) is 0 Å². The van der Waals surface area contributed by atoms with Crippen LogP contribution in [0.4, 0.5) is 0 Å². The first kappa shape index (κ1) is 13.5. The summed E-state index contributed by atoms with van der Waals surface area (Å²) in [6.07, 6.45) is 3.38. The van der Waals surface area contributed by atoms with Gasteiger partial charge in [-0.2, -0.15) is 0 Å². The van der Waals surface area contributed by atoms with Gasteiger partial charge in [0.1, 0.15) is 5.52 Å². The molecule has 0 aliphatic rings. The minimum atomic E-state index is -0.345. The fourth-order valence-corrected chi connectivity index (χ4v) is 2.11. The monoisotopic (exact) mass is 266 g/mol. The molecule has 7 heteroatoms. The van der Waals surface area contributed by atoms with Gasteiger partial charge in [0.2, 0.25) is 0 Å². The Morgan fingerprint density at radius 3 is 2.74 bits per heavy atom. The van der Waals surface area contributed by atoms with Crippen molar-refractivity contribution in [3.05, 3.63) is 27.2 Å². The van der Waals surface area contributed by atoms with Crippen LogP contribution in [0.15, 0.2) is 15.9 Å². The van der Waals surface area contributed by atoms with Gasteiger partial charge in [-0.05, 0) is 19.3 Å². The van der Waals surface area contributed by atoms with Gasteiger partial charge in [-0.3, -0.25) is 13.9 Å². The van der Waals surface area contributed by atoms with Crippen molar-refractivity contribution in [1.29, 1.82) is 0 Å². The molecule has 2 aromatic heterocycles. The lowest BCUT2D eigenvalue weighted by Gasteiger charge is -2.10. The summed E-state index contributed by atoms with van der Waals surface area (Å²) in [5.74, 6) is 0. The van der Waals surface area contributed by atoms with E-state index in [2.05, 4.69) is 9.97 Å². The SMILES string of the molecule is CCCn1c(=O)n(CCCCO)c(=O)c2[nH]cnc21. The smallest absolute Gasteiger partial charge is 0.332 e. The van der Waals surface area contributed by atoms with E-state index in [-0.39, 0.29) is 17.9 Å². The van der Waals surface area contributed by atoms with Crippen LogP contribution in [-0.2, 0) is 13.1 Å². The summed E-state index contributed by atoms with van der Waals surface area (Å²) >= 11 is 0. The number of nitrogens with one attached hydrogen (secondary N) is 1. The highest BCUT2D eigenvalue weighted by Crippen LogP contribution is 2.02. The summed E-state index contributed by atoms with van der Waals surface area (Å²) in [6.45, 7) is 2.87. The molecule has 0 amide bonds. The number of aromatic nitrogens is 4. The average molecular weight is 266 g/mol. The van der Waals surface area contributed by atoms with E-state index in [0.29, 0.717) is 37.1 Å². The highest BCUT2D eigenvalue weighted by Gasteiger charge is 2.14. The van der Waals surface area contributed by atoms with Gasteiger partial charge in [0.25, 0.3) is 5.56 Å². The Bertz CT molecular complexity index is 668. The predicted molar refractivity (Wildman–Crippen MR) is 71.2 cm³/mol. The van der Waals surface area contributed by atoms with E-state index < -0.39 is 0 Å². The fourth-order valence-electron chi connectivity index (χ4n) is 2.11. The highest BCUT2D eigenvalue weighted by molar-refractivity contribution is 5.68. The van der Waals surface area contributed by atoms with Crippen molar-refractivity contribution >= 4 is 11.2 Å². The van der Waals surface area contributed by atoms with Crippen LogP contribution >= 0.6 is 0 Å². The number of nitrogens with zero attached hydrogens (tertiary/aromatic N) is 3. The van der Waals surface area contributed by atoms with Crippen molar-refractivity contribution in [2.45, 2.75) is 39.3 Å². The molecule has 19 heavy (non-hydrogen) atoms. The van der Waals surface area contributed by atoms with Crippen LogP contribution < -0.4 is 11.2 Å². The van der Waals surface area contributed by atoms with Crippen LogP contribution in [0.2, 0.25) is 0 Å². The van der Waals surface area contributed by atoms with Gasteiger partial charge in [-0.15, -0.1) is 0 Å². The van der Waals surface area contributed by atoms with Crippen LogP contribution in [0.1, 0.15) is 26.2 Å². The molecule has 0 aromatic carbocycles. The Kier molecular flexibility index (Phi) is 4.16. The zero-order chi connectivity index (χ0) is 13.8. The molecule has 0 spiro atoms. The van der Waals surface area contributed by atoms with Crippen molar-refractivity contribution in [2.75, 3.05) is 6.61 Å². The number of aliphatic hydroxyl groups excluding tert-OH is 1. The lowest BCUT2D eigenvalue weighted by atomic mass is 10.3. The third kappa shape index (κ3) is 2.46. The molecule has 0 saturated carbocycles. The first-order valence-electron chi connectivity index (χ1n) is 6.48. The Balaban J connectivity index is 2.56. The Morgan fingerprint density at radius 1 is 1.26 bits per heavy atom. The summed E-state index contributed by atoms with van der Waals surface area (Å²) in [4.78, 5) is 31.3. The van der Waals surface area contributed by atoms with Crippen molar-refractivity contribution in [1.82, 2.24) is 19.1 Å². The molecule has 0 fully saturated rings. The van der Waals surface area contributed by atoms with Gasteiger partial charge in [-0.25, -0.2) is 9.78 Å². The molecule has 7 nitrogen and oxygen atoms in total. The van der Waals surface area contributed by atoms with E-state index in [9.17, 15) is 9.59 Å². The number of unbranched alkanes of at least 4 members (excludes halogenated alkanes) is 1. The molecule has 2 rings (SSSR count). The normalized spacial score (nSPS) is 11.3. The van der Waals surface area contributed by atoms with Gasteiger partial charge in [-0.1, -0.05) is 6.92 Å². The molecule has 2 aromatic rings. The number of rotatable bonds is 6. The molecular formula is C12H18N4O3. The minimum absolute atomic E-state index is 0.0597. The Hall–Kier alpha value is -1.89. The van der Waals surface area contributed by atoms with Crippen LogP contribution in [0.3, 0.4) is 0 Å². The zero-order valence-corrected chi connectivity index (χ0v) is 10.9. The number of imidazole rings is 1. The van der Waals surface area contributed by atoms with Crippen LogP contribution in [-0.4, -0.2) is 30.8 Å². The van der Waals surface area contributed by atoms with E-state index in [0.717, 1.165) is 6.42 Å². The van der Waals surface area contributed by atoms with Gasteiger partial charge in [0.05, 0.1) is 6.33 Å². The largest absolute Gasteiger partial charge is 0.396 e. The third-order valence-electron chi connectivity index (χ3n) is 3.03. The zero-order valence-electron chi connectivity index (χ0n) is 10.9. The highest BCUT2D eigenvalue weighted by atomic mass is 16.3. The molecule has 104 valence electrons. The van der Waals surface area contributed by atoms with E-state index in [1.54, 1.807) is 0 Å². The average Bonchev–Trinajstić information content (AvgIpc) is 2.88. The van der Waals surface area contributed by atoms with E-state index in [1.807, 2.05) is 6.92 Å². The predicted octanol–water partition coefficient (Wildman–Crippen LogP) is 0.0688. The molecule has 2 N–H and O–H groups in total. The summed E-state index contributed by atoms with van der Waals surface area (Å²) in [5, 5.41) is 8.77. The van der Waals surface area contributed by atoms with Gasteiger partial charge < -0.3 is 10.1 Å². The molecule has 0 atom stereocenters. The Morgan fingerprint density at radius 2 is 2.05 bits per heavy atom. The number of hydrogen-bond donors (Lipinski definition) is 2. The standard InChI is InChI=1S/C12H18N4O3/c1-2-5-15-10-9(13-8-14-10)11(18)16(12(15)19)6-3-4-7-17/h8,17H,2-7H2,1H3,(H,13,14). The fraction of sp³-hybridized carbons (Fsp3) is 0.583. The van der Waals surface area contributed by atoms with Gasteiger partial charge in [0, 0.05) is 19.7 Å². The molecule has 0 bridgehead atoms. The lowest BCUT2D eigenvalue weighted by Crippen LogP contribution is -2.40. The second kappa shape index (κ2) is 5.83. The topological polar surface area (TPSA) is 92.9 Å². The number of aliphatic hydroxyl groups is 1. The number of hydrogen-bond acceptors (Lipinski definition) is 4. The lowest BCUT2D eigenvalue weighted by molar-refractivity contribution is 0.280. The van der Waals surface area contributed by atoms with Crippen LogP contribution in [0.25, 0.3) is 11.2 Å². The number of aromatic amines is 1. The summed E-state index contributed by atoms with van der Waals surface area (Å²) in [5.41, 5.74) is 0.0967. The van der Waals surface area contributed by atoms with E-state index in [1.165, 1.54) is 15.5 Å². The van der Waals surface area contributed by atoms with E-state index >= 15 is 0 Å². The summed E-state index contributed by atoms with van der Waals surface area (Å²) < 4.78 is 2.73. The van der Waals surface area contributed by atoms with E-state index in [4.69, 9.17) is 5.11 Å². The second-order valence-electron chi connectivity index (χ2n) is 4.42. The summed E-state index contributed by atoms with van der Waals surface area (Å²) in [7, 11) is 0. The molecule has 0 saturated heterocycles. The van der Waals surface area contributed by atoms with Gasteiger partial charge in [0.15, 0.2) is 5.65 Å². The maximum atomic E-state index is 12.3.